The molecular formula is C9H11Br2NO. The fraction of sp³-hybridized carbons (Fsp3) is 0.556. The van der Waals surface area contributed by atoms with E-state index in [1.165, 1.54) is 12.8 Å². The van der Waals surface area contributed by atoms with Gasteiger partial charge in [-0.05, 0) is 50.8 Å². The lowest BCUT2D eigenvalue weighted by molar-refractivity contribution is 0.478. The van der Waals surface area contributed by atoms with Crippen molar-refractivity contribution in [2.75, 3.05) is 6.54 Å². The highest BCUT2D eigenvalue weighted by molar-refractivity contribution is 9.13. The van der Waals surface area contributed by atoms with Gasteiger partial charge in [0.25, 0.3) is 0 Å². The highest BCUT2D eigenvalue weighted by Crippen LogP contribution is 2.27. The van der Waals surface area contributed by atoms with Gasteiger partial charge in [0.05, 0.1) is 4.47 Å². The van der Waals surface area contributed by atoms with Crippen LogP contribution in [0.4, 0.5) is 0 Å². The van der Waals surface area contributed by atoms with E-state index in [1.807, 2.05) is 6.07 Å². The maximum Gasteiger partial charge on any atom is 0.183 e. The molecule has 0 amide bonds. The third-order valence-electron chi connectivity index (χ3n) is 2.08. The summed E-state index contributed by atoms with van der Waals surface area (Å²) in [5.74, 6) is 1.02. The molecule has 0 saturated heterocycles. The van der Waals surface area contributed by atoms with E-state index in [9.17, 15) is 0 Å². The Bertz CT molecular complexity index is 274. The van der Waals surface area contributed by atoms with Crippen LogP contribution in [-0.2, 0) is 6.42 Å². The third kappa shape index (κ3) is 2.82. The Hall–Kier alpha value is 0.200. The maximum atomic E-state index is 5.45. The number of rotatable bonds is 4. The summed E-state index contributed by atoms with van der Waals surface area (Å²) in [5.41, 5.74) is 0. The quantitative estimate of drug-likeness (QED) is 0.924. The van der Waals surface area contributed by atoms with Crippen molar-refractivity contribution in [3.63, 3.8) is 0 Å². The maximum absolute atomic E-state index is 5.45. The van der Waals surface area contributed by atoms with Gasteiger partial charge in [0, 0.05) is 19.0 Å². The molecule has 1 aromatic heterocycles. The van der Waals surface area contributed by atoms with Crippen molar-refractivity contribution in [1.29, 1.82) is 0 Å². The Balaban J connectivity index is 1.79. The molecule has 0 spiro atoms. The van der Waals surface area contributed by atoms with Gasteiger partial charge in [0.2, 0.25) is 0 Å². The second-order valence-corrected chi connectivity index (χ2v) is 4.89. The first-order valence-electron chi connectivity index (χ1n) is 4.43. The van der Waals surface area contributed by atoms with E-state index >= 15 is 0 Å². The van der Waals surface area contributed by atoms with Crippen LogP contribution in [0.15, 0.2) is 19.6 Å². The summed E-state index contributed by atoms with van der Waals surface area (Å²) in [5, 5.41) is 3.44. The zero-order chi connectivity index (χ0) is 9.26. The third-order valence-corrected chi connectivity index (χ3v) is 3.79. The molecule has 1 saturated carbocycles. The predicted octanol–water partition coefficient (Wildman–Crippen LogP) is 3.10. The van der Waals surface area contributed by atoms with Gasteiger partial charge in [-0.1, -0.05) is 0 Å². The van der Waals surface area contributed by atoms with Crippen molar-refractivity contribution in [3.8, 4) is 0 Å². The normalized spacial score (nSPS) is 16.5. The summed E-state index contributed by atoms with van der Waals surface area (Å²) in [6, 6.07) is 2.79. The Morgan fingerprint density at radius 2 is 2.23 bits per heavy atom. The number of hydrogen-bond donors (Lipinski definition) is 1. The van der Waals surface area contributed by atoms with Crippen molar-refractivity contribution in [2.45, 2.75) is 25.3 Å². The molecule has 1 aromatic rings. The molecule has 0 bridgehead atoms. The fourth-order valence-electron chi connectivity index (χ4n) is 1.20. The molecule has 0 unspecified atom stereocenters. The molecule has 0 aliphatic heterocycles. The van der Waals surface area contributed by atoms with Crippen molar-refractivity contribution in [2.24, 2.45) is 0 Å². The molecule has 1 fully saturated rings. The molecule has 0 atom stereocenters. The van der Waals surface area contributed by atoms with Crippen LogP contribution in [-0.4, -0.2) is 12.6 Å². The molecule has 0 aromatic carbocycles. The van der Waals surface area contributed by atoms with Crippen LogP contribution >= 0.6 is 31.9 Å². The molecule has 1 aliphatic carbocycles. The summed E-state index contributed by atoms with van der Waals surface area (Å²) in [7, 11) is 0. The largest absolute Gasteiger partial charge is 0.453 e. The van der Waals surface area contributed by atoms with Gasteiger partial charge in [0.15, 0.2) is 4.67 Å². The Labute approximate surface area is 94.3 Å². The Morgan fingerprint density at radius 1 is 1.46 bits per heavy atom. The highest BCUT2D eigenvalue weighted by atomic mass is 79.9. The van der Waals surface area contributed by atoms with Gasteiger partial charge in [-0.3, -0.25) is 0 Å². The molecule has 1 aliphatic rings. The van der Waals surface area contributed by atoms with Crippen LogP contribution in [0, 0.1) is 0 Å². The zero-order valence-corrected chi connectivity index (χ0v) is 10.3. The lowest BCUT2D eigenvalue weighted by Gasteiger charge is -1.98. The van der Waals surface area contributed by atoms with Crippen molar-refractivity contribution in [1.82, 2.24) is 5.32 Å². The predicted molar refractivity (Wildman–Crippen MR) is 58.8 cm³/mol. The van der Waals surface area contributed by atoms with E-state index < -0.39 is 0 Å². The summed E-state index contributed by atoms with van der Waals surface area (Å²) in [6.07, 6.45) is 3.64. The minimum atomic E-state index is 0.779. The minimum absolute atomic E-state index is 0.779. The van der Waals surface area contributed by atoms with Crippen molar-refractivity contribution >= 4 is 31.9 Å². The van der Waals surface area contributed by atoms with Gasteiger partial charge >= 0.3 is 0 Å². The van der Waals surface area contributed by atoms with Crippen molar-refractivity contribution in [3.05, 3.63) is 21.0 Å². The standard InChI is InChI=1S/C9H11Br2NO/c10-8-5-7(13-9(8)11)3-4-12-6-1-2-6/h5-6,12H,1-4H2. The first kappa shape index (κ1) is 9.74. The van der Waals surface area contributed by atoms with Gasteiger partial charge in [-0.15, -0.1) is 0 Å². The van der Waals surface area contributed by atoms with Crippen LogP contribution in [0.25, 0.3) is 0 Å². The van der Waals surface area contributed by atoms with Crippen LogP contribution in [0.3, 0.4) is 0 Å². The second-order valence-electron chi connectivity index (χ2n) is 3.31. The molecule has 4 heteroatoms. The van der Waals surface area contributed by atoms with Gasteiger partial charge < -0.3 is 9.73 Å². The molecular weight excluding hydrogens is 298 g/mol. The van der Waals surface area contributed by atoms with Gasteiger partial charge in [-0.25, -0.2) is 0 Å². The summed E-state index contributed by atoms with van der Waals surface area (Å²) >= 11 is 6.70. The van der Waals surface area contributed by atoms with E-state index in [0.717, 1.165) is 33.9 Å². The number of nitrogens with one attached hydrogen (secondary N) is 1. The van der Waals surface area contributed by atoms with Crippen molar-refractivity contribution < 1.29 is 4.42 Å². The zero-order valence-electron chi connectivity index (χ0n) is 7.15. The monoisotopic (exact) mass is 307 g/mol. The molecule has 2 rings (SSSR count). The number of furan rings is 1. The van der Waals surface area contributed by atoms with Gasteiger partial charge in [0.1, 0.15) is 5.76 Å². The summed E-state index contributed by atoms with van der Waals surface area (Å²) in [6.45, 7) is 1.01. The van der Waals surface area contributed by atoms with E-state index in [0.29, 0.717) is 0 Å². The lowest BCUT2D eigenvalue weighted by Crippen LogP contribution is -2.18. The second kappa shape index (κ2) is 4.15. The summed E-state index contributed by atoms with van der Waals surface area (Å²) < 4.78 is 7.23. The lowest BCUT2D eigenvalue weighted by atomic mass is 10.3. The highest BCUT2D eigenvalue weighted by Gasteiger charge is 2.19. The smallest absolute Gasteiger partial charge is 0.183 e. The topological polar surface area (TPSA) is 25.2 Å². The van der Waals surface area contributed by atoms with Crippen LogP contribution in [0.5, 0.6) is 0 Å². The molecule has 13 heavy (non-hydrogen) atoms. The first-order chi connectivity index (χ1) is 6.25. The Morgan fingerprint density at radius 3 is 2.77 bits per heavy atom. The molecule has 0 radical (unpaired) electrons. The van der Waals surface area contributed by atoms with E-state index in [2.05, 4.69) is 37.2 Å². The average molecular weight is 309 g/mol. The first-order valence-corrected chi connectivity index (χ1v) is 6.01. The van der Waals surface area contributed by atoms with Crippen LogP contribution in [0.1, 0.15) is 18.6 Å². The number of halogens is 2. The van der Waals surface area contributed by atoms with E-state index in [4.69, 9.17) is 4.42 Å². The number of hydrogen-bond acceptors (Lipinski definition) is 2. The molecule has 1 N–H and O–H groups in total. The molecule has 1 heterocycles. The van der Waals surface area contributed by atoms with Crippen LogP contribution in [0.2, 0.25) is 0 Å². The minimum Gasteiger partial charge on any atom is -0.453 e. The molecule has 2 nitrogen and oxygen atoms in total. The SMILES string of the molecule is Brc1cc(CCNC2CC2)oc1Br. The fourth-order valence-corrected chi connectivity index (χ4v) is 1.86. The summed E-state index contributed by atoms with van der Waals surface area (Å²) in [4.78, 5) is 0. The van der Waals surface area contributed by atoms with E-state index in [1.54, 1.807) is 0 Å². The van der Waals surface area contributed by atoms with Gasteiger partial charge in [-0.2, -0.15) is 0 Å². The van der Waals surface area contributed by atoms with Crippen LogP contribution < -0.4 is 5.32 Å². The Kier molecular flexibility index (Phi) is 3.11. The average Bonchev–Trinajstić information content (AvgIpc) is 2.82. The van der Waals surface area contributed by atoms with E-state index in [-0.39, 0.29) is 0 Å². The molecule has 72 valence electrons.